The van der Waals surface area contributed by atoms with Crippen LogP contribution in [0.5, 0.6) is 5.75 Å². The molecule has 28 heavy (non-hydrogen) atoms. The number of rotatable bonds is 4. The molecule has 1 aliphatic heterocycles. The van der Waals surface area contributed by atoms with Crippen molar-refractivity contribution in [3.05, 3.63) is 97.9 Å². The van der Waals surface area contributed by atoms with Gasteiger partial charge in [-0.05, 0) is 69.5 Å². The molecule has 0 bridgehead atoms. The summed E-state index contributed by atoms with van der Waals surface area (Å²) in [6.45, 7) is 0. The lowest BCUT2D eigenvalue weighted by atomic mass is 9.95. The Morgan fingerprint density at radius 1 is 0.893 bits per heavy atom. The van der Waals surface area contributed by atoms with Crippen molar-refractivity contribution in [2.75, 3.05) is 7.11 Å². The van der Waals surface area contributed by atoms with Gasteiger partial charge in [-0.25, -0.2) is 0 Å². The predicted octanol–water partition coefficient (Wildman–Crippen LogP) is 6.60. The average molecular weight is 476 g/mol. The Balaban J connectivity index is 1.74. The summed E-state index contributed by atoms with van der Waals surface area (Å²) in [6, 6.07) is 21.6. The number of hydrogen-bond acceptors (Lipinski definition) is 3. The maximum absolute atomic E-state index is 6.08. The van der Waals surface area contributed by atoms with Crippen LogP contribution in [0.1, 0.15) is 28.8 Å². The van der Waals surface area contributed by atoms with Gasteiger partial charge >= 0.3 is 0 Å². The standard InChI is InChI=1S/C22H17BrCl2N2O/c1-28-19-11-6-15(12-18(19)23)22-26-20(13-2-7-16(24)8-3-13)21(27-22)14-4-9-17(25)10-5-14/h2-12,20-21H,1H3,(H,26,27). The minimum atomic E-state index is -0.0747. The van der Waals surface area contributed by atoms with E-state index in [9.17, 15) is 0 Å². The molecule has 1 heterocycles. The van der Waals surface area contributed by atoms with E-state index >= 15 is 0 Å². The Morgan fingerprint density at radius 3 is 2.07 bits per heavy atom. The summed E-state index contributed by atoms with van der Waals surface area (Å²) < 4.78 is 6.22. The summed E-state index contributed by atoms with van der Waals surface area (Å²) >= 11 is 15.7. The molecule has 3 nitrogen and oxygen atoms in total. The van der Waals surface area contributed by atoms with Gasteiger partial charge in [0, 0.05) is 15.6 Å². The van der Waals surface area contributed by atoms with Gasteiger partial charge in [-0.1, -0.05) is 47.5 Å². The summed E-state index contributed by atoms with van der Waals surface area (Å²) in [5.74, 6) is 1.62. The van der Waals surface area contributed by atoms with Crippen LogP contribution in [0.4, 0.5) is 0 Å². The summed E-state index contributed by atoms with van der Waals surface area (Å²) in [4.78, 5) is 5.00. The van der Waals surface area contributed by atoms with Crippen molar-refractivity contribution < 1.29 is 4.74 Å². The highest BCUT2D eigenvalue weighted by Gasteiger charge is 2.32. The van der Waals surface area contributed by atoms with Crippen molar-refractivity contribution in [2.24, 2.45) is 4.99 Å². The van der Waals surface area contributed by atoms with Gasteiger partial charge in [-0.3, -0.25) is 4.99 Å². The Hall–Kier alpha value is -2.01. The Bertz CT molecular complexity index is 1020. The molecule has 142 valence electrons. The maximum Gasteiger partial charge on any atom is 0.133 e. The van der Waals surface area contributed by atoms with E-state index in [0.717, 1.165) is 32.7 Å². The Labute approximate surface area is 182 Å². The number of aliphatic imine (C=N–C) groups is 1. The van der Waals surface area contributed by atoms with Crippen LogP contribution in [-0.2, 0) is 0 Å². The van der Waals surface area contributed by atoms with Crippen LogP contribution < -0.4 is 10.1 Å². The lowest BCUT2D eigenvalue weighted by Crippen LogP contribution is -2.25. The Morgan fingerprint density at radius 2 is 1.50 bits per heavy atom. The number of benzene rings is 3. The van der Waals surface area contributed by atoms with Crippen molar-refractivity contribution in [1.82, 2.24) is 5.32 Å². The van der Waals surface area contributed by atoms with E-state index in [1.807, 2.05) is 66.7 Å². The zero-order valence-electron chi connectivity index (χ0n) is 15.0. The van der Waals surface area contributed by atoms with Gasteiger partial charge in [0.15, 0.2) is 0 Å². The first-order valence-electron chi connectivity index (χ1n) is 8.74. The fourth-order valence-corrected chi connectivity index (χ4v) is 4.10. The van der Waals surface area contributed by atoms with Crippen LogP contribution >= 0.6 is 39.1 Å². The fraction of sp³-hybridized carbons (Fsp3) is 0.136. The fourth-order valence-electron chi connectivity index (χ4n) is 3.31. The van der Waals surface area contributed by atoms with Crippen molar-refractivity contribution in [3.63, 3.8) is 0 Å². The smallest absolute Gasteiger partial charge is 0.133 e. The lowest BCUT2D eigenvalue weighted by Gasteiger charge is -2.20. The van der Waals surface area contributed by atoms with E-state index in [2.05, 4.69) is 21.2 Å². The summed E-state index contributed by atoms with van der Waals surface area (Å²) in [5.41, 5.74) is 3.21. The molecule has 4 rings (SSSR count). The predicted molar refractivity (Wildman–Crippen MR) is 119 cm³/mol. The summed E-state index contributed by atoms with van der Waals surface area (Å²) in [7, 11) is 1.65. The third-order valence-corrected chi connectivity index (χ3v) is 5.87. The van der Waals surface area contributed by atoms with Crippen LogP contribution in [0.3, 0.4) is 0 Å². The number of halogens is 3. The first-order valence-corrected chi connectivity index (χ1v) is 10.3. The van der Waals surface area contributed by atoms with Gasteiger partial charge in [0.2, 0.25) is 0 Å². The summed E-state index contributed by atoms with van der Waals surface area (Å²) in [5, 5.41) is 5.01. The molecular formula is C22H17BrCl2N2O. The molecule has 2 unspecified atom stereocenters. The van der Waals surface area contributed by atoms with Gasteiger partial charge in [0.25, 0.3) is 0 Å². The molecule has 0 fully saturated rings. The molecule has 0 aromatic heterocycles. The molecule has 3 aromatic rings. The first kappa shape index (κ1) is 19.3. The van der Waals surface area contributed by atoms with Crippen molar-refractivity contribution in [3.8, 4) is 5.75 Å². The van der Waals surface area contributed by atoms with E-state index < -0.39 is 0 Å². The minimum absolute atomic E-state index is 0.00526. The third-order valence-electron chi connectivity index (χ3n) is 4.74. The molecule has 3 aromatic carbocycles. The highest BCUT2D eigenvalue weighted by molar-refractivity contribution is 9.10. The molecule has 6 heteroatoms. The van der Waals surface area contributed by atoms with Crippen LogP contribution in [-0.4, -0.2) is 12.9 Å². The van der Waals surface area contributed by atoms with E-state index in [0.29, 0.717) is 10.0 Å². The number of nitrogens with zero attached hydrogens (tertiary/aromatic N) is 1. The molecule has 0 aliphatic carbocycles. The number of amidine groups is 1. The second kappa shape index (κ2) is 8.16. The van der Waals surface area contributed by atoms with Crippen LogP contribution in [0, 0.1) is 0 Å². The van der Waals surface area contributed by atoms with E-state index in [-0.39, 0.29) is 12.1 Å². The molecule has 0 spiro atoms. The van der Waals surface area contributed by atoms with E-state index in [1.165, 1.54) is 0 Å². The second-order valence-electron chi connectivity index (χ2n) is 6.50. The second-order valence-corrected chi connectivity index (χ2v) is 8.22. The Kier molecular flexibility index (Phi) is 5.63. The first-order chi connectivity index (χ1) is 13.5. The normalized spacial score (nSPS) is 18.5. The topological polar surface area (TPSA) is 33.6 Å². The maximum atomic E-state index is 6.08. The van der Waals surface area contributed by atoms with Gasteiger partial charge < -0.3 is 10.1 Å². The van der Waals surface area contributed by atoms with Crippen molar-refractivity contribution in [1.29, 1.82) is 0 Å². The average Bonchev–Trinajstić information content (AvgIpc) is 3.14. The quantitative estimate of drug-likeness (QED) is 0.461. The van der Waals surface area contributed by atoms with Gasteiger partial charge in [-0.15, -0.1) is 0 Å². The molecular weight excluding hydrogens is 459 g/mol. The van der Waals surface area contributed by atoms with Crippen LogP contribution in [0.2, 0.25) is 10.0 Å². The summed E-state index contributed by atoms with van der Waals surface area (Å²) in [6.07, 6.45) is 0. The highest BCUT2D eigenvalue weighted by Crippen LogP contribution is 2.38. The zero-order chi connectivity index (χ0) is 19.7. The number of methoxy groups -OCH3 is 1. The zero-order valence-corrected chi connectivity index (χ0v) is 18.1. The van der Waals surface area contributed by atoms with Gasteiger partial charge in [-0.2, -0.15) is 0 Å². The number of nitrogens with one attached hydrogen (secondary N) is 1. The molecule has 0 amide bonds. The lowest BCUT2D eigenvalue weighted by molar-refractivity contribution is 0.412. The van der Waals surface area contributed by atoms with E-state index in [4.69, 9.17) is 32.9 Å². The van der Waals surface area contributed by atoms with Crippen LogP contribution in [0.15, 0.2) is 76.2 Å². The highest BCUT2D eigenvalue weighted by atomic mass is 79.9. The molecule has 0 saturated heterocycles. The molecule has 0 saturated carbocycles. The van der Waals surface area contributed by atoms with Crippen LogP contribution in [0.25, 0.3) is 0 Å². The van der Waals surface area contributed by atoms with Gasteiger partial charge in [0.05, 0.1) is 17.6 Å². The minimum Gasteiger partial charge on any atom is -0.496 e. The SMILES string of the molecule is COc1ccc(C2=NC(c3ccc(Cl)cc3)C(c3ccc(Cl)cc3)N2)cc1Br. The van der Waals surface area contributed by atoms with E-state index in [1.54, 1.807) is 7.11 Å². The van der Waals surface area contributed by atoms with Crippen molar-refractivity contribution >= 4 is 45.0 Å². The third kappa shape index (κ3) is 3.90. The monoisotopic (exact) mass is 474 g/mol. The molecule has 0 radical (unpaired) electrons. The molecule has 1 aliphatic rings. The largest absolute Gasteiger partial charge is 0.496 e. The number of ether oxygens (including phenoxy) is 1. The molecule has 2 atom stereocenters. The molecule has 1 N–H and O–H groups in total. The van der Waals surface area contributed by atoms with Crippen molar-refractivity contribution in [2.45, 2.75) is 12.1 Å². The van der Waals surface area contributed by atoms with Gasteiger partial charge in [0.1, 0.15) is 17.6 Å². The number of hydrogen-bond donors (Lipinski definition) is 1.